The third kappa shape index (κ3) is 2.63. The Morgan fingerprint density at radius 3 is 2.14 bits per heavy atom. The van der Waals surface area contributed by atoms with E-state index in [-0.39, 0.29) is 11.4 Å². The summed E-state index contributed by atoms with van der Waals surface area (Å²) in [5.74, 6) is 0.336. The summed E-state index contributed by atoms with van der Waals surface area (Å²) in [7, 11) is 4.66. The van der Waals surface area contributed by atoms with Crippen molar-refractivity contribution in [1.82, 2.24) is 13.7 Å². The predicted molar refractivity (Wildman–Crippen MR) is 106 cm³/mol. The largest absolute Gasteiger partial charge is 0.497 e. The first-order valence-electron chi connectivity index (χ1n) is 8.64. The molecule has 0 aliphatic rings. The molecule has 4 aromatic rings. The zero-order valence-corrected chi connectivity index (χ0v) is 15.6. The maximum atomic E-state index is 13.4. The second-order valence-corrected chi connectivity index (χ2v) is 6.52. The molecule has 0 saturated carbocycles. The molecule has 0 radical (unpaired) electrons. The summed E-state index contributed by atoms with van der Waals surface area (Å²) in [6.45, 7) is 0. The predicted octanol–water partition coefficient (Wildman–Crippen LogP) is 2.84. The second kappa shape index (κ2) is 6.53. The van der Waals surface area contributed by atoms with Crippen LogP contribution in [-0.2, 0) is 14.1 Å². The summed E-state index contributed by atoms with van der Waals surface area (Å²) in [5, 5.41) is 0.416. The minimum absolute atomic E-state index is 0.352. The third-order valence-corrected chi connectivity index (χ3v) is 4.91. The van der Waals surface area contributed by atoms with E-state index in [9.17, 15) is 14.0 Å². The maximum absolute atomic E-state index is 13.4. The van der Waals surface area contributed by atoms with Gasteiger partial charge in [-0.25, -0.2) is 9.18 Å². The summed E-state index contributed by atoms with van der Waals surface area (Å²) in [4.78, 5) is 25.3. The van der Waals surface area contributed by atoms with Crippen LogP contribution in [-0.4, -0.2) is 20.8 Å². The third-order valence-electron chi connectivity index (χ3n) is 4.91. The number of benzene rings is 2. The van der Waals surface area contributed by atoms with Crippen molar-refractivity contribution in [3.05, 3.63) is 81.4 Å². The maximum Gasteiger partial charge on any atom is 0.330 e. The first-order valence-corrected chi connectivity index (χ1v) is 8.64. The van der Waals surface area contributed by atoms with Crippen molar-refractivity contribution >= 4 is 10.9 Å². The summed E-state index contributed by atoms with van der Waals surface area (Å²) in [6.07, 6.45) is 1.73. The molecule has 0 saturated heterocycles. The minimum Gasteiger partial charge on any atom is -0.497 e. The molecule has 2 aromatic carbocycles. The lowest BCUT2D eigenvalue weighted by molar-refractivity contribution is 0.415. The van der Waals surface area contributed by atoms with Crippen LogP contribution in [0.4, 0.5) is 4.39 Å². The average Bonchev–Trinajstić information content (AvgIpc) is 3.12. The molecule has 0 aliphatic heterocycles. The van der Waals surface area contributed by atoms with Gasteiger partial charge in [0.1, 0.15) is 11.6 Å². The second-order valence-electron chi connectivity index (χ2n) is 6.52. The van der Waals surface area contributed by atoms with E-state index in [4.69, 9.17) is 4.74 Å². The molecule has 0 N–H and O–H groups in total. The van der Waals surface area contributed by atoms with Crippen LogP contribution in [0.3, 0.4) is 0 Å². The molecular formula is C21H18FN3O3. The fraction of sp³-hybridized carbons (Fsp3) is 0.143. The van der Waals surface area contributed by atoms with Gasteiger partial charge in [-0.3, -0.25) is 13.9 Å². The molecule has 0 fully saturated rings. The van der Waals surface area contributed by atoms with Gasteiger partial charge in [-0.05, 0) is 54.1 Å². The highest BCUT2D eigenvalue weighted by atomic mass is 19.1. The molecule has 2 aromatic heterocycles. The van der Waals surface area contributed by atoms with Crippen LogP contribution >= 0.6 is 0 Å². The molecule has 0 bridgehead atoms. The van der Waals surface area contributed by atoms with Gasteiger partial charge >= 0.3 is 5.69 Å². The van der Waals surface area contributed by atoms with Crippen molar-refractivity contribution in [2.75, 3.05) is 7.11 Å². The van der Waals surface area contributed by atoms with Gasteiger partial charge in [0.25, 0.3) is 5.56 Å². The summed E-state index contributed by atoms with van der Waals surface area (Å²) >= 11 is 0. The van der Waals surface area contributed by atoms with E-state index < -0.39 is 5.69 Å². The highest BCUT2D eigenvalue weighted by Crippen LogP contribution is 2.31. The molecule has 7 heteroatoms. The molecule has 28 heavy (non-hydrogen) atoms. The van der Waals surface area contributed by atoms with Gasteiger partial charge in [0, 0.05) is 26.0 Å². The van der Waals surface area contributed by atoms with E-state index >= 15 is 0 Å². The summed E-state index contributed by atoms with van der Waals surface area (Å²) in [6, 6.07) is 13.3. The number of aryl methyl sites for hydroxylation is 1. The van der Waals surface area contributed by atoms with Crippen LogP contribution in [0, 0.1) is 5.82 Å². The van der Waals surface area contributed by atoms with Crippen molar-refractivity contribution in [2.45, 2.75) is 0 Å². The topological polar surface area (TPSA) is 58.2 Å². The van der Waals surface area contributed by atoms with E-state index in [1.165, 1.54) is 23.7 Å². The first kappa shape index (κ1) is 17.8. The normalized spacial score (nSPS) is 11.1. The molecule has 0 amide bonds. The van der Waals surface area contributed by atoms with E-state index in [2.05, 4.69) is 0 Å². The highest BCUT2D eigenvalue weighted by Gasteiger charge is 2.20. The Hall–Kier alpha value is -3.61. The SMILES string of the molecule is COc1ccc(-c2c3c(=O)n(C)c(=O)n(C)c3cn2-c2ccc(F)cc2)cc1. The van der Waals surface area contributed by atoms with Crippen molar-refractivity contribution < 1.29 is 9.13 Å². The Morgan fingerprint density at radius 1 is 0.893 bits per heavy atom. The number of aromatic nitrogens is 3. The molecule has 2 heterocycles. The van der Waals surface area contributed by atoms with Gasteiger partial charge < -0.3 is 9.30 Å². The standard InChI is InChI=1S/C21H18FN3O3/c1-23-17-12-25(15-8-6-14(22)7-9-15)19(13-4-10-16(28-3)11-5-13)18(17)20(26)24(2)21(23)27/h4-12H,1-3H3. The molecule has 0 unspecified atom stereocenters. The van der Waals surface area contributed by atoms with Gasteiger partial charge in [-0.2, -0.15) is 0 Å². The lowest BCUT2D eigenvalue weighted by Gasteiger charge is -2.11. The van der Waals surface area contributed by atoms with Gasteiger partial charge in [0.2, 0.25) is 0 Å². The van der Waals surface area contributed by atoms with E-state index in [1.807, 2.05) is 12.1 Å². The van der Waals surface area contributed by atoms with Crippen LogP contribution in [0.2, 0.25) is 0 Å². The molecule has 4 rings (SSSR count). The fourth-order valence-electron chi connectivity index (χ4n) is 3.38. The smallest absolute Gasteiger partial charge is 0.330 e. The lowest BCUT2D eigenvalue weighted by Crippen LogP contribution is -2.36. The summed E-state index contributed by atoms with van der Waals surface area (Å²) in [5.41, 5.74) is 1.79. The quantitative estimate of drug-likeness (QED) is 0.550. The van der Waals surface area contributed by atoms with Crippen molar-refractivity contribution in [3.8, 4) is 22.7 Å². The highest BCUT2D eigenvalue weighted by molar-refractivity contribution is 5.94. The Labute approximate surface area is 159 Å². The Morgan fingerprint density at radius 2 is 1.54 bits per heavy atom. The Kier molecular flexibility index (Phi) is 4.15. The molecule has 0 atom stereocenters. The fourth-order valence-corrected chi connectivity index (χ4v) is 3.38. The van der Waals surface area contributed by atoms with Crippen molar-refractivity contribution in [1.29, 1.82) is 0 Å². The number of rotatable bonds is 3. The van der Waals surface area contributed by atoms with E-state index in [1.54, 1.807) is 49.2 Å². The van der Waals surface area contributed by atoms with Crippen molar-refractivity contribution in [3.63, 3.8) is 0 Å². The molecule has 6 nitrogen and oxygen atoms in total. The number of hydrogen-bond donors (Lipinski definition) is 0. The van der Waals surface area contributed by atoms with Crippen LogP contribution in [0.1, 0.15) is 0 Å². The van der Waals surface area contributed by atoms with E-state index in [0.717, 1.165) is 10.1 Å². The number of fused-ring (bicyclic) bond motifs is 1. The zero-order chi connectivity index (χ0) is 20.0. The molecular weight excluding hydrogens is 361 g/mol. The van der Waals surface area contributed by atoms with E-state index in [0.29, 0.717) is 28.0 Å². The van der Waals surface area contributed by atoms with Crippen LogP contribution in [0.25, 0.3) is 27.8 Å². The summed E-state index contributed by atoms with van der Waals surface area (Å²) < 4.78 is 23.0. The van der Waals surface area contributed by atoms with Gasteiger partial charge in [0.05, 0.1) is 23.7 Å². The van der Waals surface area contributed by atoms with Crippen LogP contribution < -0.4 is 16.0 Å². The minimum atomic E-state index is -0.407. The van der Waals surface area contributed by atoms with Gasteiger partial charge in [-0.15, -0.1) is 0 Å². The van der Waals surface area contributed by atoms with Gasteiger partial charge in [0.15, 0.2) is 0 Å². The van der Waals surface area contributed by atoms with Crippen LogP contribution in [0.5, 0.6) is 5.75 Å². The first-order chi connectivity index (χ1) is 13.4. The molecule has 0 aliphatic carbocycles. The molecule has 142 valence electrons. The monoisotopic (exact) mass is 379 g/mol. The Balaban J connectivity index is 2.14. The zero-order valence-electron chi connectivity index (χ0n) is 15.6. The Bertz CT molecular complexity index is 1300. The van der Waals surface area contributed by atoms with Crippen LogP contribution in [0.15, 0.2) is 64.3 Å². The molecule has 0 spiro atoms. The van der Waals surface area contributed by atoms with Crippen molar-refractivity contribution in [2.24, 2.45) is 14.1 Å². The average molecular weight is 379 g/mol. The number of methoxy groups -OCH3 is 1. The van der Waals surface area contributed by atoms with Gasteiger partial charge in [-0.1, -0.05) is 0 Å². The number of hydrogen-bond acceptors (Lipinski definition) is 3. The lowest BCUT2D eigenvalue weighted by atomic mass is 10.1. The number of nitrogens with zero attached hydrogens (tertiary/aromatic N) is 3. The number of halogens is 1. The number of ether oxygens (including phenoxy) is 1.